The van der Waals surface area contributed by atoms with Gasteiger partial charge in [-0.05, 0) is 56.9 Å². The largest absolute Gasteiger partial charge is 0.490 e. The van der Waals surface area contributed by atoms with Gasteiger partial charge in [-0.2, -0.15) is 5.26 Å². The number of nitrogens with zero attached hydrogens (tertiary/aromatic N) is 1. The molecule has 0 aromatic heterocycles. The Bertz CT molecular complexity index is 752. The van der Waals surface area contributed by atoms with Gasteiger partial charge in [0.2, 0.25) is 0 Å². The summed E-state index contributed by atoms with van der Waals surface area (Å²) in [7, 11) is 0. The summed E-state index contributed by atoms with van der Waals surface area (Å²) >= 11 is 6.39. The zero-order chi connectivity index (χ0) is 20.5. The Balaban J connectivity index is 2.21. The molecule has 0 aliphatic carbocycles. The quantitative estimate of drug-likeness (QED) is 0.493. The fourth-order valence-corrected chi connectivity index (χ4v) is 3.02. The normalized spacial score (nSPS) is 17.7. The van der Waals surface area contributed by atoms with Crippen LogP contribution in [0.4, 0.5) is 0 Å². The summed E-state index contributed by atoms with van der Waals surface area (Å²) in [6.07, 6.45) is 4.22. The lowest BCUT2D eigenvalue weighted by Gasteiger charge is -2.18. The summed E-state index contributed by atoms with van der Waals surface area (Å²) in [5.74, 6) is 0.516. The molecule has 0 radical (unpaired) electrons. The second-order valence-corrected chi connectivity index (χ2v) is 7.02. The number of amides is 1. The van der Waals surface area contributed by atoms with Crippen molar-refractivity contribution in [2.75, 3.05) is 19.8 Å². The van der Waals surface area contributed by atoms with Gasteiger partial charge in [-0.15, -0.1) is 0 Å². The molecule has 0 saturated carbocycles. The van der Waals surface area contributed by atoms with Crippen LogP contribution >= 0.6 is 11.6 Å². The topological polar surface area (TPSA) is 80.6 Å². The molecule has 152 valence electrons. The van der Waals surface area contributed by atoms with Crippen LogP contribution in [-0.4, -0.2) is 37.9 Å². The number of carbonyl (C=O) groups is 1. The molecule has 1 aliphatic rings. The third kappa shape index (κ3) is 6.15. The van der Waals surface area contributed by atoms with Gasteiger partial charge in [0, 0.05) is 13.2 Å². The molecule has 0 bridgehead atoms. The first-order chi connectivity index (χ1) is 13.5. The van der Waals surface area contributed by atoms with Crippen LogP contribution in [0.3, 0.4) is 0 Å². The van der Waals surface area contributed by atoms with Crippen LogP contribution in [0.25, 0.3) is 6.08 Å². The third-order valence-corrected chi connectivity index (χ3v) is 4.70. The van der Waals surface area contributed by atoms with E-state index in [9.17, 15) is 10.1 Å². The van der Waals surface area contributed by atoms with Crippen LogP contribution in [0.1, 0.15) is 45.6 Å². The van der Waals surface area contributed by atoms with Crippen LogP contribution in [0.2, 0.25) is 5.02 Å². The molecule has 2 rings (SSSR count). The van der Waals surface area contributed by atoms with Crippen LogP contribution in [0.5, 0.6) is 11.5 Å². The predicted octanol–water partition coefficient (Wildman–Crippen LogP) is 4.12. The SMILES string of the molecule is CCOc1cc(C=C(C#N)C(=O)NCC2CCCO2)cc(Cl)c1OC(C)CC. The van der Waals surface area contributed by atoms with Gasteiger partial charge in [0.25, 0.3) is 5.91 Å². The van der Waals surface area contributed by atoms with E-state index in [-0.39, 0.29) is 17.8 Å². The highest BCUT2D eigenvalue weighted by Crippen LogP contribution is 2.38. The number of nitriles is 1. The number of hydrogen-bond acceptors (Lipinski definition) is 5. The number of rotatable bonds is 9. The Morgan fingerprint density at radius 3 is 2.89 bits per heavy atom. The molecule has 1 aromatic carbocycles. The van der Waals surface area contributed by atoms with E-state index in [0.29, 0.717) is 41.8 Å². The zero-order valence-corrected chi connectivity index (χ0v) is 17.3. The molecule has 2 unspecified atom stereocenters. The van der Waals surface area contributed by atoms with Crippen molar-refractivity contribution in [1.29, 1.82) is 5.26 Å². The Morgan fingerprint density at radius 2 is 2.29 bits per heavy atom. The van der Waals surface area contributed by atoms with E-state index in [1.807, 2.05) is 26.8 Å². The minimum absolute atomic E-state index is 0.00731. The Morgan fingerprint density at radius 1 is 1.50 bits per heavy atom. The molecule has 1 aromatic rings. The summed E-state index contributed by atoms with van der Waals surface area (Å²) in [5.41, 5.74) is 0.584. The second kappa shape index (κ2) is 10.9. The summed E-state index contributed by atoms with van der Waals surface area (Å²) in [6, 6.07) is 5.32. The summed E-state index contributed by atoms with van der Waals surface area (Å²) in [5, 5.41) is 12.5. The molecule has 1 amide bonds. The maximum atomic E-state index is 12.3. The molecule has 1 N–H and O–H groups in total. The number of hydrogen-bond donors (Lipinski definition) is 1. The molecule has 0 spiro atoms. The maximum Gasteiger partial charge on any atom is 0.262 e. The smallest absolute Gasteiger partial charge is 0.262 e. The molecule has 1 fully saturated rings. The number of benzene rings is 1. The molecule has 7 heteroatoms. The van der Waals surface area contributed by atoms with Gasteiger partial charge in [-0.25, -0.2) is 0 Å². The predicted molar refractivity (Wildman–Crippen MR) is 109 cm³/mol. The fourth-order valence-electron chi connectivity index (χ4n) is 2.76. The zero-order valence-electron chi connectivity index (χ0n) is 16.6. The minimum atomic E-state index is -0.438. The first-order valence-electron chi connectivity index (χ1n) is 9.63. The molecular weight excluding hydrogens is 380 g/mol. The standard InChI is InChI=1S/C21H27ClN2O4/c1-4-14(3)28-20-18(22)10-15(11-19(20)26-5-2)9-16(12-23)21(25)24-13-17-7-6-8-27-17/h9-11,14,17H,4-8,13H2,1-3H3,(H,24,25). The van der Waals surface area contributed by atoms with Crippen molar-refractivity contribution < 1.29 is 19.0 Å². The lowest BCUT2D eigenvalue weighted by molar-refractivity contribution is -0.117. The molecular formula is C21H27ClN2O4. The first-order valence-corrected chi connectivity index (χ1v) is 10.0. The molecule has 28 heavy (non-hydrogen) atoms. The van der Waals surface area contributed by atoms with Crippen molar-refractivity contribution in [3.05, 3.63) is 28.3 Å². The van der Waals surface area contributed by atoms with Crippen molar-refractivity contribution in [3.63, 3.8) is 0 Å². The van der Waals surface area contributed by atoms with E-state index in [4.69, 9.17) is 25.8 Å². The summed E-state index contributed by atoms with van der Waals surface area (Å²) in [6.45, 7) is 7.38. The minimum Gasteiger partial charge on any atom is -0.490 e. The monoisotopic (exact) mass is 406 g/mol. The summed E-state index contributed by atoms with van der Waals surface area (Å²) < 4.78 is 17.0. The van der Waals surface area contributed by atoms with Gasteiger partial charge in [0.05, 0.1) is 23.8 Å². The van der Waals surface area contributed by atoms with E-state index in [2.05, 4.69) is 5.32 Å². The third-order valence-electron chi connectivity index (χ3n) is 4.42. The van der Waals surface area contributed by atoms with Gasteiger partial charge in [-0.3, -0.25) is 4.79 Å². The lowest BCUT2D eigenvalue weighted by atomic mass is 10.1. The van der Waals surface area contributed by atoms with Gasteiger partial charge in [-0.1, -0.05) is 18.5 Å². The van der Waals surface area contributed by atoms with Crippen molar-refractivity contribution in [1.82, 2.24) is 5.32 Å². The van der Waals surface area contributed by atoms with Crippen molar-refractivity contribution >= 4 is 23.6 Å². The fraction of sp³-hybridized carbons (Fsp3) is 0.524. The second-order valence-electron chi connectivity index (χ2n) is 6.61. The van der Waals surface area contributed by atoms with Gasteiger partial charge < -0.3 is 19.5 Å². The molecule has 1 saturated heterocycles. The highest BCUT2D eigenvalue weighted by Gasteiger charge is 2.19. The number of ether oxygens (including phenoxy) is 3. The van der Waals surface area contributed by atoms with E-state index in [1.54, 1.807) is 12.1 Å². The van der Waals surface area contributed by atoms with Crippen LogP contribution in [-0.2, 0) is 9.53 Å². The van der Waals surface area contributed by atoms with Gasteiger partial charge in [0.1, 0.15) is 11.6 Å². The number of nitrogens with one attached hydrogen (secondary N) is 1. The summed E-state index contributed by atoms with van der Waals surface area (Å²) in [4.78, 5) is 12.3. The Labute approximate surface area is 171 Å². The average Bonchev–Trinajstić information content (AvgIpc) is 3.20. The Hall–Kier alpha value is -2.23. The van der Waals surface area contributed by atoms with E-state index >= 15 is 0 Å². The van der Waals surface area contributed by atoms with E-state index < -0.39 is 5.91 Å². The lowest BCUT2D eigenvalue weighted by Crippen LogP contribution is -2.32. The molecule has 1 aliphatic heterocycles. The van der Waals surface area contributed by atoms with Crippen LogP contribution < -0.4 is 14.8 Å². The highest BCUT2D eigenvalue weighted by atomic mass is 35.5. The number of carbonyl (C=O) groups excluding carboxylic acids is 1. The van der Waals surface area contributed by atoms with E-state index in [0.717, 1.165) is 19.3 Å². The van der Waals surface area contributed by atoms with Crippen molar-refractivity contribution in [2.24, 2.45) is 0 Å². The van der Waals surface area contributed by atoms with Crippen LogP contribution in [0.15, 0.2) is 17.7 Å². The molecule has 1 heterocycles. The van der Waals surface area contributed by atoms with Crippen molar-refractivity contribution in [3.8, 4) is 17.6 Å². The Kier molecular flexibility index (Phi) is 8.62. The maximum absolute atomic E-state index is 12.3. The average molecular weight is 407 g/mol. The van der Waals surface area contributed by atoms with Gasteiger partial charge >= 0.3 is 0 Å². The molecule has 6 nitrogen and oxygen atoms in total. The van der Waals surface area contributed by atoms with E-state index in [1.165, 1.54) is 6.08 Å². The molecule has 2 atom stereocenters. The van der Waals surface area contributed by atoms with Crippen LogP contribution in [0, 0.1) is 11.3 Å². The van der Waals surface area contributed by atoms with Crippen molar-refractivity contribution in [2.45, 2.75) is 52.2 Å². The van der Waals surface area contributed by atoms with Gasteiger partial charge in [0.15, 0.2) is 11.5 Å². The first kappa shape index (κ1) is 22.1. The highest BCUT2D eigenvalue weighted by molar-refractivity contribution is 6.32. The number of halogens is 1.